The predicted octanol–water partition coefficient (Wildman–Crippen LogP) is 3.39. The van der Waals surface area contributed by atoms with Crippen molar-refractivity contribution in [2.24, 2.45) is 0 Å². The molecule has 3 amide bonds. The number of hydrogen-bond donors (Lipinski definition) is 1. The fraction of sp³-hybridized carbons (Fsp3) is 0.333. The van der Waals surface area contributed by atoms with Gasteiger partial charge in [-0.1, -0.05) is 53.8 Å². The summed E-state index contributed by atoms with van der Waals surface area (Å²) in [6, 6.07) is 16.2. The molecule has 2 aliphatic heterocycles. The molecular formula is C30H30N6O4S. The van der Waals surface area contributed by atoms with Crippen molar-refractivity contribution in [1.82, 2.24) is 24.8 Å². The molecule has 1 fully saturated rings. The second-order valence-corrected chi connectivity index (χ2v) is 11.1. The van der Waals surface area contributed by atoms with Crippen LogP contribution >= 0.6 is 11.3 Å². The highest BCUT2D eigenvalue weighted by molar-refractivity contribution is 7.21. The quantitative estimate of drug-likeness (QED) is 0.307. The number of anilines is 1. The van der Waals surface area contributed by atoms with Gasteiger partial charge in [-0.15, -0.1) is 0 Å². The minimum absolute atomic E-state index is 0.0571. The van der Waals surface area contributed by atoms with Crippen molar-refractivity contribution in [3.05, 3.63) is 87.5 Å². The molecule has 2 aromatic carbocycles. The number of carbonyl (C=O) groups is 3. The van der Waals surface area contributed by atoms with Crippen LogP contribution in [0.2, 0.25) is 0 Å². The Hall–Kier alpha value is -4.38. The van der Waals surface area contributed by atoms with Gasteiger partial charge in [0.25, 0.3) is 17.4 Å². The molecule has 2 aliphatic rings. The summed E-state index contributed by atoms with van der Waals surface area (Å²) in [5, 5.41) is 3.65. The summed E-state index contributed by atoms with van der Waals surface area (Å²) < 4.78 is 1.60. The number of amides is 3. The first-order valence-electron chi connectivity index (χ1n) is 13.9. The first kappa shape index (κ1) is 26.8. The molecule has 210 valence electrons. The van der Waals surface area contributed by atoms with E-state index in [1.807, 2.05) is 42.2 Å². The molecule has 2 aromatic heterocycles. The van der Waals surface area contributed by atoms with Gasteiger partial charge in [0.1, 0.15) is 11.9 Å². The van der Waals surface area contributed by atoms with Gasteiger partial charge in [-0.3, -0.25) is 28.6 Å². The number of hydrogen-bond acceptors (Lipinski definition) is 8. The van der Waals surface area contributed by atoms with Crippen LogP contribution in [0.4, 0.5) is 5.13 Å². The number of imide groups is 1. The molecule has 4 heterocycles. The van der Waals surface area contributed by atoms with E-state index in [0.717, 1.165) is 12.0 Å². The average Bonchev–Trinajstić information content (AvgIpc) is 3.71. The Kier molecular flexibility index (Phi) is 7.36. The molecule has 1 N–H and O–H groups in total. The van der Waals surface area contributed by atoms with Crippen LogP contribution in [0.25, 0.3) is 10.3 Å². The third kappa shape index (κ3) is 5.01. The predicted molar refractivity (Wildman–Crippen MR) is 156 cm³/mol. The molecule has 41 heavy (non-hydrogen) atoms. The van der Waals surface area contributed by atoms with E-state index in [-0.39, 0.29) is 35.9 Å². The zero-order valence-electron chi connectivity index (χ0n) is 22.7. The van der Waals surface area contributed by atoms with Gasteiger partial charge < -0.3 is 10.2 Å². The summed E-state index contributed by atoms with van der Waals surface area (Å²) in [5.41, 5.74) is 1.96. The van der Waals surface area contributed by atoms with Crippen LogP contribution in [0.15, 0.2) is 59.4 Å². The molecule has 4 aromatic rings. The number of nitrogens with one attached hydrogen (secondary N) is 1. The van der Waals surface area contributed by atoms with Crippen LogP contribution in [0, 0.1) is 0 Å². The lowest BCUT2D eigenvalue weighted by atomic mass is 10.1. The molecule has 0 spiro atoms. The van der Waals surface area contributed by atoms with Gasteiger partial charge in [-0.05, 0) is 43.9 Å². The van der Waals surface area contributed by atoms with Crippen molar-refractivity contribution < 1.29 is 14.4 Å². The number of rotatable bonds is 9. The first-order chi connectivity index (χ1) is 20.0. The highest BCUT2D eigenvalue weighted by atomic mass is 32.1. The average molecular weight is 571 g/mol. The summed E-state index contributed by atoms with van der Waals surface area (Å²) in [6.07, 6.45) is 2.47. The van der Waals surface area contributed by atoms with Gasteiger partial charge >= 0.3 is 0 Å². The second-order valence-electron chi connectivity index (χ2n) is 10.2. The second kappa shape index (κ2) is 11.2. The lowest BCUT2D eigenvalue weighted by Crippen LogP contribution is -2.43. The molecule has 0 saturated carbocycles. The lowest BCUT2D eigenvalue weighted by molar-refractivity contribution is -0.122. The molecule has 6 rings (SSSR count). The van der Waals surface area contributed by atoms with Crippen molar-refractivity contribution >= 4 is 44.5 Å². The van der Waals surface area contributed by atoms with Gasteiger partial charge in [0.05, 0.1) is 11.1 Å². The van der Waals surface area contributed by atoms with Crippen LogP contribution in [0.1, 0.15) is 58.3 Å². The van der Waals surface area contributed by atoms with Crippen molar-refractivity contribution in [3.8, 4) is 0 Å². The van der Waals surface area contributed by atoms with E-state index in [0.29, 0.717) is 71.3 Å². The zero-order valence-corrected chi connectivity index (χ0v) is 23.5. The highest BCUT2D eigenvalue weighted by Crippen LogP contribution is 2.32. The Balaban J connectivity index is 1.18. The summed E-state index contributed by atoms with van der Waals surface area (Å²) >= 11 is 1.32. The number of fused-ring (bicyclic) bond motifs is 2. The Labute approximate surface area is 240 Å². The van der Waals surface area contributed by atoms with Crippen molar-refractivity contribution in [2.45, 2.75) is 51.7 Å². The van der Waals surface area contributed by atoms with Crippen LogP contribution in [0.5, 0.6) is 0 Å². The van der Waals surface area contributed by atoms with Gasteiger partial charge in [0.15, 0.2) is 15.5 Å². The van der Waals surface area contributed by atoms with E-state index in [9.17, 15) is 19.2 Å². The maximum atomic E-state index is 13.4. The van der Waals surface area contributed by atoms with Crippen LogP contribution in [-0.4, -0.2) is 56.3 Å². The van der Waals surface area contributed by atoms with Gasteiger partial charge in [-0.25, -0.2) is 9.97 Å². The molecule has 11 heteroatoms. The highest BCUT2D eigenvalue weighted by Gasteiger charge is 2.35. The number of nitrogens with zero attached hydrogens (tertiary/aromatic N) is 5. The molecule has 0 aliphatic carbocycles. The molecule has 0 bridgehead atoms. The third-order valence-electron chi connectivity index (χ3n) is 7.68. The molecule has 1 unspecified atom stereocenters. The SMILES string of the molecule is CCn1c(CCCN2C(=O)c3ccccc3C2=O)nc2sc(N3CCCC3C(=O)NCc3ccccc3)nc2c1=O. The molecular weight excluding hydrogens is 540 g/mol. The molecule has 1 atom stereocenters. The van der Waals surface area contributed by atoms with Gasteiger partial charge in [0, 0.05) is 32.6 Å². The van der Waals surface area contributed by atoms with Crippen LogP contribution < -0.4 is 15.8 Å². The fourth-order valence-corrected chi connectivity index (χ4v) is 6.61. The summed E-state index contributed by atoms with van der Waals surface area (Å²) in [6.45, 7) is 3.68. The molecule has 0 radical (unpaired) electrons. The minimum atomic E-state index is -0.355. The lowest BCUT2D eigenvalue weighted by Gasteiger charge is -2.23. The monoisotopic (exact) mass is 570 g/mol. The van der Waals surface area contributed by atoms with E-state index >= 15 is 0 Å². The zero-order chi connectivity index (χ0) is 28.5. The Morgan fingerprint density at radius 2 is 1.71 bits per heavy atom. The van der Waals surface area contributed by atoms with Crippen molar-refractivity contribution in [1.29, 1.82) is 0 Å². The number of aromatic nitrogens is 3. The number of thiazole rings is 1. The smallest absolute Gasteiger partial charge is 0.281 e. The van der Waals surface area contributed by atoms with E-state index in [2.05, 4.69) is 10.3 Å². The number of carbonyl (C=O) groups excluding carboxylic acids is 3. The Bertz CT molecular complexity index is 1660. The largest absolute Gasteiger partial charge is 0.350 e. The van der Waals surface area contributed by atoms with E-state index in [4.69, 9.17) is 4.98 Å². The number of aryl methyl sites for hydroxylation is 1. The minimum Gasteiger partial charge on any atom is -0.350 e. The molecule has 10 nitrogen and oxygen atoms in total. The van der Waals surface area contributed by atoms with Crippen LogP contribution in [0.3, 0.4) is 0 Å². The first-order valence-corrected chi connectivity index (χ1v) is 14.7. The van der Waals surface area contributed by atoms with Crippen LogP contribution in [-0.2, 0) is 24.3 Å². The van der Waals surface area contributed by atoms with Crippen molar-refractivity contribution in [2.75, 3.05) is 18.0 Å². The third-order valence-corrected chi connectivity index (χ3v) is 8.66. The maximum absolute atomic E-state index is 13.4. The fourth-order valence-electron chi connectivity index (χ4n) is 5.59. The standard InChI is InChI=1S/C30H30N6O4S/c1-2-34-23(15-9-17-36-27(38)20-12-6-7-13-21(20)28(36)39)32-26-24(29(34)40)33-30(41-26)35-16-8-14-22(35)25(37)31-18-19-10-4-3-5-11-19/h3-7,10-13,22H,2,8-9,14-18H2,1H3,(H,31,37). The van der Waals surface area contributed by atoms with E-state index in [1.54, 1.807) is 28.8 Å². The van der Waals surface area contributed by atoms with E-state index < -0.39 is 0 Å². The maximum Gasteiger partial charge on any atom is 0.281 e. The van der Waals surface area contributed by atoms with Gasteiger partial charge in [-0.2, -0.15) is 0 Å². The summed E-state index contributed by atoms with van der Waals surface area (Å²) in [4.78, 5) is 65.1. The van der Waals surface area contributed by atoms with Crippen molar-refractivity contribution in [3.63, 3.8) is 0 Å². The normalized spacial score (nSPS) is 16.6. The summed E-state index contributed by atoms with van der Waals surface area (Å²) in [5.74, 6) is -0.0438. The summed E-state index contributed by atoms with van der Waals surface area (Å²) in [7, 11) is 0. The topological polar surface area (TPSA) is 118 Å². The molecule has 1 saturated heterocycles. The number of benzene rings is 2. The van der Waals surface area contributed by atoms with E-state index in [1.165, 1.54) is 16.2 Å². The Morgan fingerprint density at radius 1 is 1.00 bits per heavy atom. The Morgan fingerprint density at radius 3 is 2.41 bits per heavy atom. The van der Waals surface area contributed by atoms with Gasteiger partial charge in [0.2, 0.25) is 5.91 Å².